The van der Waals surface area contributed by atoms with Crippen LogP contribution in [-0.4, -0.2) is 26.6 Å². The van der Waals surface area contributed by atoms with Crippen LogP contribution in [0.15, 0.2) is 45.8 Å². The lowest BCUT2D eigenvalue weighted by molar-refractivity contribution is 0.0697. The number of hydrogen-bond donors (Lipinski definition) is 2. The molecule has 0 radical (unpaired) electrons. The van der Waals surface area contributed by atoms with Crippen LogP contribution in [0.4, 0.5) is 5.69 Å². The highest BCUT2D eigenvalue weighted by Crippen LogP contribution is 2.31. The molecule has 122 valence electrons. The third-order valence-corrected chi connectivity index (χ3v) is 5.35. The minimum absolute atomic E-state index is 0.0118. The Labute approximate surface area is 142 Å². The first-order valence-electron chi connectivity index (χ1n) is 6.45. The molecule has 2 N–H and O–H groups in total. The lowest BCUT2D eigenvalue weighted by Gasteiger charge is -2.13. The number of sulfonamides is 1. The molecule has 0 spiro atoms. The van der Waals surface area contributed by atoms with Crippen molar-refractivity contribution < 1.29 is 23.1 Å². The lowest BCUT2D eigenvalue weighted by Crippen LogP contribution is -2.14. The maximum Gasteiger partial charge on any atom is 0.335 e. The molecule has 0 saturated carbocycles. The average molecular weight is 400 g/mol. The molecule has 0 unspecified atom stereocenters. The van der Waals surface area contributed by atoms with Crippen LogP contribution in [0.1, 0.15) is 15.9 Å². The second-order valence-electron chi connectivity index (χ2n) is 4.74. The van der Waals surface area contributed by atoms with Crippen molar-refractivity contribution in [2.45, 2.75) is 11.8 Å². The smallest absolute Gasteiger partial charge is 0.335 e. The van der Waals surface area contributed by atoms with E-state index in [9.17, 15) is 13.2 Å². The Kier molecular flexibility index (Phi) is 4.96. The molecule has 23 heavy (non-hydrogen) atoms. The summed E-state index contributed by atoms with van der Waals surface area (Å²) >= 11 is 3.29. The van der Waals surface area contributed by atoms with E-state index in [1.807, 2.05) is 6.92 Å². The van der Waals surface area contributed by atoms with E-state index >= 15 is 0 Å². The van der Waals surface area contributed by atoms with E-state index in [0.29, 0.717) is 4.47 Å². The molecule has 2 rings (SSSR count). The number of carbonyl (C=O) groups is 1. The molecule has 6 nitrogen and oxygen atoms in total. The summed E-state index contributed by atoms with van der Waals surface area (Å²) in [5, 5.41) is 8.97. The van der Waals surface area contributed by atoms with E-state index in [4.69, 9.17) is 9.84 Å². The van der Waals surface area contributed by atoms with Gasteiger partial charge < -0.3 is 9.84 Å². The van der Waals surface area contributed by atoms with Crippen LogP contribution < -0.4 is 9.46 Å². The molecule has 0 aromatic heterocycles. The van der Waals surface area contributed by atoms with Crippen molar-refractivity contribution in [3.05, 3.63) is 52.0 Å². The number of carboxylic acids is 1. The average Bonchev–Trinajstić information content (AvgIpc) is 2.49. The normalized spacial score (nSPS) is 11.1. The third kappa shape index (κ3) is 3.83. The van der Waals surface area contributed by atoms with E-state index in [-0.39, 0.29) is 21.9 Å². The van der Waals surface area contributed by atoms with Crippen molar-refractivity contribution in [1.29, 1.82) is 0 Å². The summed E-state index contributed by atoms with van der Waals surface area (Å²) in [6.45, 7) is 1.81. The summed E-state index contributed by atoms with van der Waals surface area (Å²) in [4.78, 5) is 10.9. The fourth-order valence-electron chi connectivity index (χ4n) is 1.93. The number of carboxylic acid groups (broad SMARTS) is 1. The van der Waals surface area contributed by atoms with Crippen molar-refractivity contribution >= 4 is 37.6 Å². The molecular weight excluding hydrogens is 386 g/mol. The topological polar surface area (TPSA) is 92.7 Å². The number of benzene rings is 2. The number of rotatable bonds is 5. The Morgan fingerprint density at radius 2 is 1.96 bits per heavy atom. The van der Waals surface area contributed by atoms with Crippen LogP contribution in [-0.2, 0) is 10.0 Å². The van der Waals surface area contributed by atoms with Crippen LogP contribution in [0.2, 0.25) is 0 Å². The first-order valence-corrected chi connectivity index (χ1v) is 8.72. The SMILES string of the molecule is COc1cc(C)c(Br)cc1S(=O)(=O)Nc1cccc(C(=O)O)c1. The van der Waals surface area contributed by atoms with Gasteiger partial charge in [-0.2, -0.15) is 0 Å². The van der Waals surface area contributed by atoms with E-state index in [2.05, 4.69) is 20.7 Å². The zero-order valence-corrected chi connectivity index (χ0v) is 14.7. The van der Waals surface area contributed by atoms with Gasteiger partial charge >= 0.3 is 5.97 Å². The maximum atomic E-state index is 12.6. The standard InChI is InChI=1S/C15H14BrNO5S/c1-9-6-13(22-2)14(8-12(9)16)23(20,21)17-11-5-3-4-10(7-11)15(18)19/h3-8,17H,1-2H3,(H,18,19). The Morgan fingerprint density at radius 3 is 2.57 bits per heavy atom. The molecule has 0 amide bonds. The van der Waals surface area contributed by atoms with Crippen LogP contribution in [0.5, 0.6) is 5.75 Å². The van der Waals surface area contributed by atoms with Gasteiger partial charge in [-0.25, -0.2) is 13.2 Å². The molecule has 0 atom stereocenters. The van der Waals surface area contributed by atoms with Crippen molar-refractivity contribution in [1.82, 2.24) is 0 Å². The minimum Gasteiger partial charge on any atom is -0.495 e. The van der Waals surface area contributed by atoms with E-state index < -0.39 is 16.0 Å². The van der Waals surface area contributed by atoms with Crippen LogP contribution in [0.3, 0.4) is 0 Å². The molecule has 0 saturated heterocycles. The van der Waals surface area contributed by atoms with Gasteiger partial charge in [0.1, 0.15) is 10.6 Å². The van der Waals surface area contributed by atoms with Gasteiger partial charge in [-0.15, -0.1) is 0 Å². The van der Waals surface area contributed by atoms with Gasteiger partial charge in [0.15, 0.2) is 0 Å². The molecule has 0 aliphatic heterocycles. The number of ether oxygens (including phenoxy) is 1. The number of aromatic carboxylic acids is 1. The molecule has 0 bridgehead atoms. The zero-order chi connectivity index (χ0) is 17.2. The Morgan fingerprint density at radius 1 is 1.26 bits per heavy atom. The summed E-state index contributed by atoms with van der Waals surface area (Å²) in [5.41, 5.74) is 0.972. The molecule has 0 heterocycles. The third-order valence-electron chi connectivity index (χ3n) is 3.10. The number of nitrogens with one attached hydrogen (secondary N) is 1. The summed E-state index contributed by atoms with van der Waals surface area (Å²) in [7, 11) is -2.55. The largest absolute Gasteiger partial charge is 0.495 e. The highest BCUT2D eigenvalue weighted by Gasteiger charge is 2.21. The summed E-state index contributed by atoms with van der Waals surface area (Å²) in [6.07, 6.45) is 0. The first kappa shape index (κ1) is 17.3. The van der Waals surface area contributed by atoms with E-state index in [0.717, 1.165) is 5.56 Å². The van der Waals surface area contributed by atoms with Crippen LogP contribution in [0, 0.1) is 6.92 Å². The lowest BCUT2D eigenvalue weighted by atomic mass is 10.2. The van der Waals surface area contributed by atoms with Gasteiger partial charge in [0, 0.05) is 10.2 Å². The van der Waals surface area contributed by atoms with Crippen molar-refractivity contribution in [2.24, 2.45) is 0 Å². The van der Waals surface area contributed by atoms with Crippen molar-refractivity contribution in [3.8, 4) is 5.75 Å². The molecule has 0 aliphatic carbocycles. The van der Waals surface area contributed by atoms with Crippen molar-refractivity contribution in [2.75, 3.05) is 11.8 Å². The predicted molar refractivity (Wildman–Crippen MR) is 89.6 cm³/mol. The second-order valence-corrected chi connectivity index (χ2v) is 7.25. The first-order chi connectivity index (χ1) is 10.7. The van der Waals surface area contributed by atoms with Gasteiger partial charge in [-0.1, -0.05) is 22.0 Å². The number of methoxy groups -OCH3 is 1. The Balaban J connectivity index is 2.45. The molecule has 8 heteroatoms. The minimum atomic E-state index is -3.94. The van der Waals surface area contributed by atoms with Gasteiger partial charge in [-0.3, -0.25) is 4.72 Å². The monoisotopic (exact) mass is 399 g/mol. The van der Waals surface area contributed by atoms with E-state index in [1.165, 1.54) is 37.4 Å². The number of aryl methyl sites for hydroxylation is 1. The Bertz CT molecular complexity index is 864. The van der Waals surface area contributed by atoms with Crippen molar-refractivity contribution in [3.63, 3.8) is 0 Å². The quantitative estimate of drug-likeness (QED) is 0.804. The van der Waals surface area contributed by atoms with Crippen LogP contribution in [0.25, 0.3) is 0 Å². The predicted octanol–water partition coefficient (Wildman–Crippen LogP) is 3.27. The molecule has 2 aromatic carbocycles. The van der Waals surface area contributed by atoms with Gasteiger partial charge in [0.25, 0.3) is 10.0 Å². The number of hydrogen-bond acceptors (Lipinski definition) is 4. The van der Waals surface area contributed by atoms with Gasteiger partial charge in [-0.05, 0) is 42.8 Å². The molecule has 2 aromatic rings. The molecular formula is C15H14BrNO5S. The molecule has 0 aliphatic rings. The highest BCUT2D eigenvalue weighted by molar-refractivity contribution is 9.10. The van der Waals surface area contributed by atoms with E-state index in [1.54, 1.807) is 6.07 Å². The summed E-state index contributed by atoms with van der Waals surface area (Å²) in [5.74, 6) is -0.936. The summed E-state index contributed by atoms with van der Waals surface area (Å²) in [6, 6.07) is 8.60. The van der Waals surface area contributed by atoms with Crippen LogP contribution >= 0.6 is 15.9 Å². The molecule has 0 fully saturated rings. The highest BCUT2D eigenvalue weighted by atomic mass is 79.9. The second kappa shape index (κ2) is 6.59. The fourth-order valence-corrected chi connectivity index (χ4v) is 3.65. The zero-order valence-electron chi connectivity index (χ0n) is 12.3. The number of halogens is 1. The van der Waals surface area contributed by atoms with Gasteiger partial charge in [0.2, 0.25) is 0 Å². The fraction of sp³-hybridized carbons (Fsp3) is 0.133. The van der Waals surface area contributed by atoms with Gasteiger partial charge in [0.05, 0.1) is 12.7 Å². The maximum absolute atomic E-state index is 12.6. The Hall–Kier alpha value is -2.06. The summed E-state index contributed by atoms with van der Waals surface area (Å²) < 4.78 is 33.2. The number of anilines is 1.